The van der Waals surface area contributed by atoms with Gasteiger partial charge in [-0.05, 0) is 42.5 Å². The second-order valence-corrected chi connectivity index (χ2v) is 6.70. The molecular weight excluding hydrogens is 234 g/mol. The number of hydrogen-bond acceptors (Lipinski definition) is 2. The maximum Gasteiger partial charge on any atom is 0.107 e. The molecule has 1 aromatic carbocycles. The van der Waals surface area contributed by atoms with Crippen molar-refractivity contribution in [3.63, 3.8) is 0 Å². The highest BCUT2D eigenvalue weighted by Gasteiger charge is 2.20. The Morgan fingerprint density at radius 3 is 2.84 bits per heavy atom. The fourth-order valence-corrected chi connectivity index (χ4v) is 2.95. The van der Waals surface area contributed by atoms with Gasteiger partial charge in [0.1, 0.15) is 5.82 Å². The molecule has 19 heavy (non-hydrogen) atoms. The molecule has 0 spiro atoms. The molecule has 1 unspecified atom stereocenters. The van der Waals surface area contributed by atoms with E-state index in [1.807, 2.05) is 0 Å². The first-order valence-corrected chi connectivity index (χ1v) is 7.23. The van der Waals surface area contributed by atoms with Crippen molar-refractivity contribution in [1.29, 1.82) is 0 Å². The molecule has 3 heteroatoms. The fraction of sp³-hybridized carbons (Fsp3) is 0.562. The minimum atomic E-state index is 0.140. The van der Waals surface area contributed by atoms with Crippen LogP contribution in [0.1, 0.15) is 38.6 Å². The molecule has 1 aromatic heterocycles. The van der Waals surface area contributed by atoms with Crippen LogP contribution in [-0.2, 0) is 11.8 Å². The van der Waals surface area contributed by atoms with Gasteiger partial charge in [-0.25, -0.2) is 4.98 Å². The predicted octanol–water partition coefficient (Wildman–Crippen LogP) is 3.01. The first-order valence-electron chi connectivity index (χ1n) is 7.23. The number of imidazole rings is 1. The zero-order valence-electron chi connectivity index (χ0n) is 12.1. The second-order valence-electron chi connectivity index (χ2n) is 6.70. The van der Waals surface area contributed by atoms with Crippen LogP contribution in [0, 0.1) is 5.92 Å². The van der Waals surface area contributed by atoms with Crippen LogP contribution in [0.2, 0.25) is 0 Å². The van der Waals surface area contributed by atoms with Crippen molar-refractivity contribution >= 4 is 11.0 Å². The zero-order chi connectivity index (χ0) is 13.5. The van der Waals surface area contributed by atoms with Crippen LogP contribution in [0.3, 0.4) is 0 Å². The Labute approximate surface area is 114 Å². The number of aromatic nitrogens is 2. The molecule has 0 saturated carbocycles. The van der Waals surface area contributed by atoms with Crippen LogP contribution in [0.5, 0.6) is 0 Å². The maximum absolute atomic E-state index is 4.86. The molecule has 0 bridgehead atoms. The number of nitrogens with one attached hydrogen (secondary N) is 2. The van der Waals surface area contributed by atoms with Gasteiger partial charge in [-0.3, -0.25) is 0 Å². The molecule has 3 nitrogen and oxygen atoms in total. The van der Waals surface area contributed by atoms with E-state index in [0.29, 0.717) is 0 Å². The van der Waals surface area contributed by atoms with E-state index in [9.17, 15) is 0 Å². The lowest BCUT2D eigenvalue weighted by Crippen LogP contribution is -2.12. The van der Waals surface area contributed by atoms with Gasteiger partial charge in [0.25, 0.3) is 0 Å². The predicted molar refractivity (Wildman–Crippen MR) is 79.5 cm³/mol. The zero-order valence-corrected chi connectivity index (χ0v) is 12.1. The molecule has 1 atom stereocenters. The molecule has 1 aliphatic heterocycles. The Morgan fingerprint density at radius 1 is 1.32 bits per heavy atom. The van der Waals surface area contributed by atoms with Crippen LogP contribution in [-0.4, -0.2) is 23.1 Å². The van der Waals surface area contributed by atoms with Crippen LogP contribution in [0.25, 0.3) is 11.0 Å². The van der Waals surface area contributed by atoms with Gasteiger partial charge in [0.2, 0.25) is 0 Å². The van der Waals surface area contributed by atoms with Gasteiger partial charge in [-0.2, -0.15) is 0 Å². The van der Waals surface area contributed by atoms with E-state index in [4.69, 9.17) is 4.98 Å². The summed E-state index contributed by atoms with van der Waals surface area (Å²) in [6.45, 7) is 9.02. The van der Waals surface area contributed by atoms with Gasteiger partial charge >= 0.3 is 0 Å². The van der Waals surface area contributed by atoms with Gasteiger partial charge in [-0.1, -0.05) is 32.9 Å². The number of hydrogen-bond donors (Lipinski definition) is 2. The summed E-state index contributed by atoms with van der Waals surface area (Å²) in [6, 6.07) is 6.46. The smallest absolute Gasteiger partial charge is 0.107 e. The van der Waals surface area contributed by atoms with Crippen molar-refractivity contribution < 1.29 is 0 Å². The van der Waals surface area contributed by atoms with Crippen LogP contribution >= 0.6 is 0 Å². The van der Waals surface area contributed by atoms with E-state index in [-0.39, 0.29) is 5.41 Å². The van der Waals surface area contributed by atoms with E-state index in [0.717, 1.165) is 36.8 Å². The SMILES string of the molecule is CC(C)(C)c1cccc2[nH]c(CC3CCNC3)nc12. The summed E-state index contributed by atoms with van der Waals surface area (Å²) in [7, 11) is 0. The summed E-state index contributed by atoms with van der Waals surface area (Å²) in [6.07, 6.45) is 2.33. The van der Waals surface area contributed by atoms with Gasteiger partial charge in [0, 0.05) is 6.42 Å². The Morgan fingerprint density at radius 2 is 2.16 bits per heavy atom. The summed E-state index contributed by atoms with van der Waals surface area (Å²) in [5, 5.41) is 3.42. The average molecular weight is 257 g/mol. The van der Waals surface area contributed by atoms with Crippen molar-refractivity contribution in [3.8, 4) is 0 Å². The van der Waals surface area contributed by atoms with Gasteiger partial charge in [-0.15, -0.1) is 0 Å². The summed E-state index contributed by atoms with van der Waals surface area (Å²) in [5.74, 6) is 1.87. The van der Waals surface area contributed by atoms with Gasteiger partial charge in [0.15, 0.2) is 0 Å². The maximum atomic E-state index is 4.86. The molecule has 102 valence electrons. The summed E-state index contributed by atoms with van der Waals surface area (Å²) < 4.78 is 0. The summed E-state index contributed by atoms with van der Waals surface area (Å²) in [4.78, 5) is 8.36. The third kappa shape index (κ3) is 2.52. The number of H-pyrrole nitrogens is 1. The van der Waals surface area contributed by atoms with Crippen molar-refractivity contribution in [2.45, 2.75) is 39.0 Å². The van der Waals surface area contributed by atoms with E-state index in [1.165, 1.54) is 17.5 Å². The molecule has 1 saturated heterocycles. The van der Waals surface area contributed by atoms with Crippen LogP contribution in [0.4, 0.5) is 0 Å². The minimum absolute atomic E-state index is 0.140. The lowest BCUT2D eigenvalue weighted by atomic mass is 9.86. The third-order valence-corrected chi connectivity index (χ3v) is 4.01. The van der Waals surface area contributed by atoms with Crippen LogP contribution < -0.4 is 5.32 Å². The molecule has 1 fully saturated rings. The highest BCUT2D eigenvalue weighted by atomic mass is 14.9. The number of para-hydroxylation sites is 1. The summed E-state index contributed by atoms with van der Waals surface area (Å²) in [5.41, 5.74) is 3.79. The Kier molecular flexibility index (Phi) is 3.09. The van der Waals surface area contributed by atoms with Gasteiger partial charge < -0.3 is 10.3 Å². The molecule has 0 aliphatic carbocycles. The molecule has 2 heterocycles. The first kappa shape index (κ1) is 12.7. The Balaban J connectivity index is 1.96. The van der Waals surface area contributed by atoms with Gasteiger partial charge in [0.05, 0.1) is 11.0 Å². The Hall–Kier alpha value is -1.35. The molecular formula is C16H23N3. The highest BCUT2D eigenvalue weighted by molar-refractivity contribution is 5.79. The number of nitrogens with zero attached hydrogens (tertiary/aromatic N) is 1. The second kappa shape index (κ2) is 4.64. The lowest BCUT2D eigenvalue weighted by Gasteiger charge is -2.19. The number of aromatic amines is 1. The molecule has 2 N–H and O–H groups in total. The van der Waals surface area contributed by atoms with E-state index >= 15 is 0 Å². The normalized spacial score (nSPS) is 20.3. The summed E-state index contributed by atoms with van der Waals surface area (Å²) >= 11 is 0. The first-order chi connectivity index (χ1) is 9.04. The monoisotopic (exact) mass is 257 g/mol. The number of fused-ring (bicyclic) bond motifs is 1. The number of rotatable bonds is 2. The molecule has 0 amide bonds. The topological polar surface area (TPSA) is 40.7 Å². The fourth-order valence-electron chi connectivity index (χ4n) is 2.95. The number of benzene rings is 1. The largest absolute Gasteiger partial charge is 0.342 e. The molecule has 1 aliphatic rings. The highest BCUT2D eigenvalue weighted by Crippen LogP contribution is 2.29. The quantitative estimate of drug-likeness (QED) is 0.868. The minimum Gasteiger partial charge on any atom is -0.342 e. The van der Waals surface area contributed by atoms with Crippen molar-refractivity contribution in [3.05, 3.63) is 29.6 Å². The van der Waals surface area contributed by atoms with E-state index in [1.54, 1.807) is 0 Å². The molecule has 2 aromatic rings. The lowest BCUT2D eigenvalue weighted by molar-refractivity contribution is 0.565. The van der Waals surface area contributed by atoms with Crippen LogP contribution in [0.15, 0.2) is 18.2 Å². The van der Waals surface area contributed by atoms with E-state index in [2.05, 4.69) is 49.3 Å². The van der Waals surface area contributed by atoms with Crippen molar-refractivity contribution in [2.24, 2.45) is 5.92 Å². The molecule has 0 radical (unpaired) electrons. The third-order valence-electron chi connectivity index (χ3n) is 4.01. The van der Waals surface area contributed by atoms with E-state index < -0.39 is 0 Å². The average Bonchev–Trinajstić information content (AvgIpc) is 2.95. The molecule has 3 rings (SSSR count). The van der Waals surface area contributed by atoms with Crippen molar-refractivity contribution in [1.82, 2.24) is 15.3 Å². The standard InChI is InChI=1S/C16H23N3/c1-16(2,3)12-5-4-6-13-15(12)19-14(18-13)9-11-7-8-17-10-11/h4-6,11,17H,7-10H2,1-3H3,(H,18,19). The Bertz CT molecular complexity index is 571. The van der Waals surface area contributed by atoms with Crippen molar-refractivity contribution in [2.75, 3.05) is 13.1 Å².